The van der Waals surface area contributed by atoms with Crippen LogP contribution >= 0.6 is 0 Å². The van der Waals surface area contributed by atoms with E-state index >= 15 is 0 Å². The lowest BCUT2D eigenvalue weighted by Crippen LogP contribution is -2.17. The second kappa shape index (κ2) is 9.06. The zero-order valence-electron chi connectivity index (χ0n) is 13.0. The lowest BCUT2D eigenvalue weighted by Gasteiger charge is -2.21. The molecule has 0 spiro atoms. The van der Waals surface area contributed by atoms with Crippen molar-refractivity contribution in [2.75, 3.05) is 6.61 Å². The number of ether oxygens (including phenoxy) is 2. The monoisotopic (exact) mass is 296 g/mol. The lowest BCUT2D eigenvalue weighted by atomic mass is 9.90. The van der Waals surface area contributed by atoms with Gasteiger partial charge in [0, 0.05) is 12.8 Å². The van der Waals surface area contributed by atoms with E-state index in [9.17, 15) is 9.59 Å². The third-order valence-electron chi connectivity index (χ3n) is 4.57. The summed E-state index contributed by atoms with van der Waals surface area (Å²) >= 11 is 0. The Morgan fingerprint density at radius 2 is 1.43 bits per heavy atom. The Morgan fingerprint density at radius 3 is 2.14 bits per heavy atom. The summed E-state index contributed by atoms with van der Waals surface area (Å²) in [7, 11) is 0. The van der Waals surface area contributed by atoms with E-state index in [-0.39, 0.29) is 18.0 Å². The van der Waals surface area contributed by atoms with Gasteiger partial charge in [-0.15, -0.1) is 0 Å². The molecular formula is C17H28O4. The Hall–Kier alpha value is -1.06. The van der Waals surface area contributed by atoms with Crippen LogP contribution in [0.25, 0.3) is 0 Å². The van der Waals surface area contributed by atoms with Crippen LogP contribution in [0, 0.1) is 5.92 Å². The fourth-order valence-corrected chi connectivity index (χ4v) is 3.26. The van der Waals surface area contributed by atoms with Gasteiger partial charge in [-0.2, -0.15) is 0 Å². The van der Waals surface area contributed by atoms with Crippen molar-refractivity contribution >= 4 is 11.9 Å². The number of esters is 2. The highest BCUT2D eigenvalue weighted by molar-refractivity contribution is 5.72. The molecule has 0 saturated heterocycles. The minimum Gasteiger partial charge on any atom is -0.465 e. The standard InChI is InChI=1S/C17H28O4/c18-16(20-13-14-7-2-1-3-8-14)11-6-12-17(19)21-15-9-4-5-10-15/h14-15H,1-13H2. The summed E-state index contributed by atoms with van der Waals surface area (Å²) in [6, 6.07) is 0. The zero-order chi connectivity index (χ0) is 14.9. The molecule has 2 rings (SSSR count). The van der Waals surface area contributed by atoms with E-state index < -0.39 is 0 Å². The van der Waals surface area contributed by atoms with Gasteiger partial charge >= 0.3 is 11.9 Å². The molecule has 2 aliphatic rings. The summed E-state index contributed by atoms with van der Waals surface area (Å²) in [5.74, 6) is 0.214. The van der Waals surface area contributed by atoms with Gasteiger partial charge in [-0.1, -0.05) is 19.3 Å². The van der Waals surface area contributed by atoms with E-state index in [1.165, 1.54) is 32.1 Å². The average Bonchev–Trinajstić information content (AvgIpc) is 2.99. The van der Waals surface area contributed by atoms with Gasteiger partial charge in [-0.25, -0.2) is 0 Å². The van der Waals surface area contributed by atoms with Gasteiger partial charge < -0.3 is 9.47 Å². The molecule has 0 aromatic rings. The quantitative estimate of drug-likeness (QED) is 0.671. The first-order valence-electron chi connectivity index (χ1n) is 8.59. The van der Waals surface area contributed by atoms with Crippen LogP contribution in [0.2, 0.25) is 0 Å². The maximum Gasteiger partial charge on any atom is 0.306 e. The van der Waals surface area contributed by atoms with Gasteiger partial charge in [0.05, 0.1) is 6.61 Å². The highest BCUT2D eigenvalue weighted by Crippen LogP contribution is 2.24. The number of carbonyl (C=O) groups is 2. The van der Waals surface area contributed by atoms with Crippen molar-refractivity contribution in [1.82, 2.24) is 0 Å². The molecule has 4 heteroatoms. The van der Waals surface area contributed by atoms with Crippen molar-refractivity contribution in [2.45, 2.75) is 83.2 Å². The van der Waals surface area contributed by atoms with Crippen LogP contribution in [0.3, 0.4) is 0 Å². The van der Waals surface area contributed by atoms with Crippen molar-refractivity contribution in [3.05, 3.63) is 0 Å². The summed E-state index contributed by atoms with van der Waals surface area (Å²) in [5, 5.41) is 0. The number of hydrogen-bond acceptors (Lipinski definition) is 4. The molecule has 0 unspecified atom stereocenters. The largest absolute Gasteiger partial charge is 0.465 e. The predicted molar refractivity (Wildman–Crippen MR) is 79.7 cm³/mol. The van der Waals surface area contributed by atoms with Crippen LogP contribution in [0.4, 0.5) is 0 Å². The van der Waals surface area contributed by atoms with E-state index in [0.29, 0.717) is 31.8 Å². The molecule has 0 aromatic heterocycles. The molecule has 2 saturated carbocycles. The van der Waals surface area contributed by atoms with Crippen molar-refractivity contribution in [1.29, 1.82) is 0 Å². The zero-order valence-corrected chi connectivity index (χ0v) is 13.0. The number of hydrogen-bond donors (Lipinski definition) is 0. The van der Waals surface area contributed by atoms with Gasteiger partial charge in [0.1, 0.15) is 6.10 Å². The van der Waals surface area contributed by atoms with E-state index in [4.69, 9.17) is 9.47 Å². The summed E-state index contributed by atoms with van der Waals surface area (Å²) in [6.07, 6.45) is 11.8. The molecule has 0 N–H and O–H groups in total. The Balaban J connectivity index is 1.49. The number of rotatable bonds is 7. The summed E-state index contributed by atoms with van der Waals surface area (Å²) in [6.45, 7) is 0.561. The minimum atomic E-state index is -0.172. The Kier molecular flexibility index (Phi) is 7.04. The average molecular weight is 296 g/mol. The van der Waals surface area contributed by atoms with E-state index in [2.05, 4.69) is 0 Å². The fraction of sp³-hybridized carbons (Fsp3) is 0.882. The van der Waals surface area contributed by atoms with Crippen LogP contribution in [-0.2, 0) is 19.1 Å². The van der Waals surface area contributed by atoms with Gasteiger partial charge in [0.25, 0.3) is 0 Å². The predicted octanol–water partition coefficient (Wildman–Crippen LogP) is 3.77. The van der Waals surface area contributed by atoms with Gasteiger partial charge in [-0.05, 0) is 50.9 Å². The van der Waals surface area contributed by atoms with Gasteiger partial charge in [-0.3, -0.25) is 9.59 Å². The lowest BCUT2D eigenvalue weighted by molar-refractivity contribution is -0.149. The Morgan fingerprint density at radius 1 is 0.810 bits per heavy atom. The van der Waals surface area contributed by atoms with Crippen molar-refractivity contribution < 1.29 is 19.1 Å². The SMILES string of the molecule is O=C(CCCC(=O)OC1CCCC1)OCC1CCCCC1. The Bertz CT molecular complexity index is 328. The van der Waals surface area contributed by atoms with Crippen LogP contribution in [0.15, 0.2) is 0 Å². The fourth-order valence-electron chi connectivity index (χ4n) is 3.26. The minimum absolute atomic E-state index is 0.121. The molecule has 0 radical (unpaired) electrons. The molecule has 120 valence electrons. The highest BCUT2D eigenvalue weighted by Gasteiger charge is 2.19. The molecule has 0 heterocycles. The molecular weight excluding hydrogens is 268 g/mol. The maximum absolute atomic E-state index is 11.6. The van der Waals surface area contributed by atoms with Crippen LogP contribution in [0.1, 0.15) is 77.0 Å². The summed E-state index contributed by atoms with van der Waals surface area (Å²) in [4.78, 5) is 23.2. The molecule has 2 aliphatic carbocycles. The third-order valence-corrected chi connectivity index (χ3v) is 4.57. The van der Waals surface area contributed by atoms with Crippen molar-refractivity contribution in [3.63, 3.8) is 0 Å². The second-order valence-corrected chi connectivity index (χ2v) is 6.44. The first kappa shape index (κ1) is 16.3. The molecule has 0 bridgehead atoms. The van der Waals surface area contributed by atoms with Gasteiger partial charge in [0.15, 0.2) is 0 Å². The smallest absolute Gasteiger partial charge is 0.306 e. The van der Waals surface area contributed by atoms with E-state index in [0.717, 1.165) is 25.7 Å². The van der Waals surface area contributed by atoms with Crippen molar-refractivity contribution in [3.8, 4) is 0 Å². The first-order valence-corrected chi connectivity index (χ1v) is 8.59. The third kappa shape index (κ3) is 6.49. The maximum atomic E-state index is 11.6. The molecule has 21 heavy (non-hydrogen) atoms. The normalized spacial score (nSPS) is 20.4. The topological polar surface area (TPSA) is 52.6 Å². The second-order valence-electron chi connectivity index (χ2n) is 6.44. The number of carbonyl (C=O) groups excluding carboxylic acids is 2. The van der Waals surface area contributed by atoms with Crippen LogP contribution in [-0.4, -0.2) is 24.6 Å². The van der Waals surface area contributed by atoms with Crippen LogP contribution < -0.4 is 0 Å². The van der Waals surface area contributed by atoms with Crippen molar-refractivity contribution in [2.24, 2.45) is 5.92 Å². The Labute approximate surface area is 127 Å². The molecule has 0 aromatic carbocycles. The van der Waals surface area contributed by atoms with E-state index in [1.807, 2.05) is 0 Å². The van der Waals surface area contributed by atoms with Crippen LogP contribution in [0.5, 0.6) is 0 Å². The highest BCUT2D eigenvalue weighted by atomic mass is 16.5. The molecule has 0 aliphatic heterocycles. The molecule has 0 atom stereocenters. The molecule has 0 amide bonds. The first-order chi connectivity index (χ1) is 10.2. The summed E-state index contributed by atoms with van der Waals surface area (Å²) in [5.41, 5.74) is 0. The molecule has 2 fully saturated rings. The van der Waals surface area contributed by atoms with Gasteiger partial charge in [0.2, 0.25) is 0 Å². The van der Waals surface area contributed by atoms with E-state index in [1.54, 1.807) is 0 Å². The molecule has 4 nitrogen and oxygen atoms in total. The summed E-state index contributed by atoms with van der Waals surface area (Å²) < 4.78 is 10.7.